The van der Waals surface area contributed by atoms with Crippen LogP contribution in [0.1, 0.15) is 15.9 Å². The molecule has 0 saturated carbocycles. The van der Waals surface area contributed by atoms with Gasteiger partial charge in [0, 0.05) is 25.1 Å². The van der Waals surface area contributed by atoms with Gasteiger partial charge in [-0.25, -0.2) is 0 Å². The number of hydrogen-bond acceptors (Lipinski definition) is 4. The third kappa shape index (κ3) is 4.47. The molecule has 0 aliphatic carbocycles. The molecule has 2 N–H and O–H groups in total. The van der Waals surface area contributed by atoms with Crippen molar-refractivity contribution in [2.45, 2.75) is 6.54 Å². The standard InChI is InChI=1S/C18H14Cl2N4O/c19-15-2-1-3-16(20)17(15)24-14-8-13(10-22-11-14)18(25)23-9-12-4-6-21-7-5-12/h1-8,10-11,24H,9H2,(H,23,25). The lowest BCUT2D eigenvalue weighted by atomic mass is 10.2. The van der Waals surface area contributed by atoms with E-state index in [1.54, 1.807) is 42.9 Å². The number of anilines is 2. The molecular formula is C18H14Cl2N4O. The lowest BCUT2D eigenvalue weighted by Gasteiger charge is -2.11. The fourth-order valence-corrected chi connectivity index (χ4v) is 2.67. The van der Waals surface area contributed by atoms with Crippen molar-refractivity contribution in [1.82, 2.24) is 15.3 Å². The van der Waals surface area contributed by atoms with Crippen molar-refractivity contribution < 1.29 is 4.79 Å². The topological polar surface area (TPSA) is 66.9 Å². The van der Waals surface area contributed by atoms with Crippen LogP contribution in [0.25, 0.3) is 0 Å². The van der Waals surface area contributed by atoms with Crippen molar-refractivity contribution in [3.05, 3.63) is 82.4 Å². The van der Waals surface area contributed by atoms with Gasteiger partial charge in [-0.3, -0.25) is 14.8 Å². The Morgan fingerprint density at radius 2 is 1.72 bits per heavy atom. The molecule has 0 bridgehead atoms. The van der Waals surface area contributed by atoms with E-state index in [1.165, 1.54) is 6.20 Å². The lowest BCUT2D eigenvalue weighted by molar-refractivity contribution is 0.0950. The molecule has 2 aromatic heterocycles. The van der Waals surface area contributed by atoms with E-state index < -0.39 is 0 Å². The predicted molar refractivity (Wildman–Crippen MR) is 99.4 cm³/mol. The number of halogens is 2. The van der Waals surface area contributed by atoms with Gasteiger partial charge in [-0.05, 0) is 35.9 Å². The number of nitrogens with zero attached hydrogens (tertiary/aromatic N) is 2. The summed E-state index contributed by atoms with van der Waals surface area (Å²) in [5, 5.41) is 6.91. The van der Waals surface area contributed by atoms with Gasteiger partial charge >= 0.3 is 0 Å². The van der Waals surface area contributed by atoms with Crippen LogP contribution >= 0.6 is 23.2 Å². The number of rotatable bonds is 5. The Bertz CT molecular complexity index is 867. The average Bonchev–Trinajstić information content (AvgIpc) is 2.64. The number of para-hydroxylation sites is 1. The number of nitrogens with one attached hydrogen (secondary N) is 2. The summed E-state index contributed by atoms with van der Waals surface area (Å²) in [6.07, 6.45) is 6.46. The highest BCUT2D eigenvalue weighted by molar-refractivity contribution is 6.39. The zero-order chi connectivity index (χ0) is 17.6. The molecule has 0 unspecified atom stereocenters. The number of benzene rings is 1. The van der Waals surface area contributed by atoms with Crippen LogP contribution in [0, 0.1) is 0 Å². The maximum Gasteiger partial charge on any atom is 0.253 e. The maximum atomic E-state index is 12.3. The van der Waals surface area contributed by atoms with Crippen molar-refractivity contribution in [3.63, 3.8) is 0 Å². The van der Waals surface area contributed by atoms with Gasteiger partial charge in [-0.1, -0.05) is 29.3 Å². The zero-order valence-electron chi connectivity index (χ0n) is 13.0. The molecule has 0 aliphatic rings. The summed E-state index contributed by atoms with van der Waals surface area (Å²) < 4.78 is 0. The van der Waals surface area contributed by atoms with Crippen molar-refractivity contribution in [1.29, 1.82) is 0 Å². The summed E-state index contributed by atoms with van der Waals surface area (Å²) in [5.74, 6) is -0.224. The molecule has 3 aromatic rings. The molecule has 0 aliphatic heterocycles. The third-order valence-corrected chi connectivity index (χ3v) is 4.06. The largest absolute Gasteiger partial charge is 0.352 e. The van der Waals surface area contributed by atoms with Crippen LogP contribution in [0.4, 0.5) is 11.4 Å². The van der Waals surface area contributed by atoms with E-state index in [0.29, 0.717) is 33.5 Å². The second kappa shape index (κ2) is 7.96. The van der Waals surface area contributed by atoms with Gasteiger partial charge in [0.1, 0.15) is 0 Å². The number of hydrogen-bond donors (Lipinski definition) is 2. The van der Waals surface area contributed by atoms with Gasteiger partial charge < -0.3 is 10.6 Å². The van der Waals surface area contributed by atoms with E-state index in [1.807, 2.05) is 12.1 Å². The Hall–Kier alpha value is -2.63. The van der Waals surface area contributed by atoms with Gasteiger partial charge in [0.25, 0.3) is 5.91 Å². The van der Waals surface area contributed by atoms with Crippen LogP contribution in [-0.4, -0.2) is 15.9 Å². The van der Waals surface area contributed by atoms with E-state index in [-0.39, 0.29) is 5.91 Å². The minimum absolute atomic E-state index is 0.224. The molecule has 126 valence electrons. The van der Waals surface area contributed by atoms with Gasteiger partial charge in [0.05, 0.1) is 33.2 Å². The molecule has 0 saturated heterocycles. The second-order valence-electron chi connectivity index (χ2n) is 5.22. The Morgan fingerprint density at radius 1 is 1.00 bits per heavy atom. The molecular weight excluding hydrogens is 359 g/mol. The molecule has 0 spiro atoms. The second-order valence-corrected chi connectivity index (χ2v) is 6.04. The van der Waals surface area contributed by atoms with Gasteiger partial charge in [0.2, 0.25) is 0 Å². The number of carbonyl (C=O) groups excluding carboxylic acids is 1. The molecule has 7 heteroatoms. The quantitative estimate of drug-likeness (QED) is 0.693. The first-order valence-electron chi connectivity index (χ1n) is 7.46. The fraction of sp³-hybridized carbons (Fsp3) is 0.0556. The van der Waals surface area contributed by atoms with Crippen LogP contribution in [0.5, 0.6) is 0 Å². The minimum atomic E-state index is -0.224. The summed E-state index contributed by atoms with van der Waals surface area (Å²) in [5.41, 5.74) is 2.59. The summed E-state index contributed by atoms with van der Waals surface area (Å²) in [6, 6.07) is 10.6. The van der Waals surface area contributed by atoms with E-state index in [0.717, 1.165) is 5.56 Å². The first-order valence-corrected chi connectivity index (χ1v) is 8.22. The first kappa shape index (κ1) is 17.2. The van der Waals surface area contributed by atoms with E-state index in [9.17, 15) is 4.79 Å². The third-order valence-electron chi connectivity index (χ3n) is 3.43. The van der Waals surface area contributed by atoms with E-state index >= 15 is 0 Å². The van der Waals surface area contributed by atoms with E-state index in [4.69, 9.17) is 23.2 Å². The Morgan fingerprint density at radius 3 is 2.44 bits per heavy atom. The molecule has 1 amide bonds. The molecule has 25 heavy (non-hydrogen) atoms. The lowest BCUT2D eigenvalue weighted by Crippen LogP contribution is -2.23. The minimum Gasteiger partial charge on any atom is -0.352 e. The Balaban J connectivity index is 1.72. The van der Waals surface area contributed by atoms with Crippen molar-refractivity contribution in [2.24, 2.45) is 0 Å². The highest BCUT2D eigenvalue weighted by atomic mass is 35.5. The molecule has 2 heterocycles. The van der Waals surface area contributed by atoms with Gasteiger partial charge in [-0.2, -0.15) is 0 Å². The van der Waals surface area contributed by atoms with E-state index in [2.05, 4.69) is 20.6 Å². The summed E-state index contributed by atoms with van der Waals surface area (Å²) >= 11 is 12.3. The SMILES string of the molecule is O=C(NCc1ccncc1)c1cncc(Nc2c(Cl)cccc2Cl)c1. The average molecular weight is 373 g/mol. The zero-order valence-corrected chi connectivity index (χ0v) is 14.6. The molecule has 0 radical (unpaired) electrons. The predicted octanol–water partition coefficient (Wildman–Crippen LogP) is 4.46. The van der Waals surface area contributed by atoms with Crippen LogP contribution in [0.3, 0.4) is 0 Å². The number of pyridine rings is 2. The van der Waals surface area contributed by atoms with Crippen LogP contribution in [0.15, 0.2) is 61.2 Å². The highest BCUT2D eigenvalue weighted by Crippen LogP contribution is 2.32. The van der Waals surface area contributed by atoms with Crippen LogP contribution in [-0.2, 0) is 6.54 Å². The molecule has 5 nitrogen and oxygen atoms in total. The Labute approximate surface area is 155 Å². The van der Waals surface area contributed by atoms with Gasteiger partial charge in [-0.15, -0.1) is 0 Å². The number of carbonyl (C=O) groups is 1. The van der Waals surface area contributed by atoms with Crippen molar-refractivity contribution in [3.8, 4) is 0 Å². The fourth-order valence-electron chi connectivity index (χ4n) is 2.18. The van der Waals surface area contributed by atoms with Crippen molar-refractivity contribution in [2.75, 3.05) is 5.32 Å². The van der Waals surface area contributed by atoms with Crippen LogP contribution < -0.4 is 10.6 Å². The van der Waals surface area contributed by atoms with Crippen molar-refractivity contribution >= 4 is 40.5 Å². The molecule has 3 rings (SSSR count). The summed E-state index contributed by atoms with van der Waals surface area (Å²) in [7, 11) is 0. The molecule has 0 atom stereocenters. The molecule has 1 aromatic carbocycles. The highest BCUT2D eigenvalue weighted by Gasteiger charge is 2.09. The normalized spacial score (nSPS) is 10.3. The van der Waals surface area contributed by atoms with Crippen LogP contribution in [0.2, 0.25) is 10.0 Å². The summed E-state index contributed by atoms with van der Waals surface area (Å²) in [6.45, 7) is 0.412. The monoisotopic (exact) mass is 372 g/mol. The summed E-state index contributed by atoms with van der Waals surface area (Å²) in [4.78, 5) is 20.4. The smallest absolute Gasteiger partial charge is 0.253 e. The molecule has 0 fully saturated rings. The number of amides is 1. The Kier molecular flexibility index (Phi) is 5.48. The van der Waals surface area contributed by atoms with Gasteiger partial charge in [0.15, 0.2) is 0 Å². The maximum absolute atomic E-state index is 12.3. The number of aromatic nitrogens is 2. The first-order chi connectivity index (χ1) is 12.1.